The summed E-state index contributed by atoms with van der Waals surface area (Å²) >= 11 is 0. The zero-order chi connectivity index (χ0) is 11.3. The molecule has 0 radical (unpaired) electrons. The smallest absolute Gasteiger partial charge is 0.339 e. The van der Waals surface area contributed by atoms with Gasteiger partial charge >= 0.3 is 5.97 Å². The molecule has 0 fully saturated rings. The molecule has 15 heavy (non-hydrogen) atoms. The fraction of sp³-hybridized carbons (Fsp3) is 0.300. The molecule has 0 aliphatic rings. The largest absolute Gasteiger partial charge is 0.493 e. The molecule has 0 heterocycles. The molecule has 0 atom stereocenters. The Morgan fingerprint density at radius 1 is 1.53 bits per heavy atom. The van der Waals surface area contributed by atoms with E-state index in [-0.39, 0.29) is 24.3 Å². The van der Waals surface area contributed by atoms with Crippen LogP contribution in [0.4, 0.5) is 10.1 Å². The third kappa shape index (κ3) is 3.12. The Hall–Kier alpha value is -1.78. The summed E-state index contributed by atoms with van der Waals surface area (Å²) < 4.78 is 16.9. The van der Waals surface area contributed by atoms with E-state index in [1.165, 1.54) is 18.2 Å². The number of alkyl halides is 1. The van der Waals surface area contributed by atoms with E-state index >= 15 is 0 Å². The van der Waals surface area contributed by atoms with E-state index in [9.17, 15) is 9.18 Å². The molecule has 1 rings (SSSR count). The number of rotatable bonds is 5. The van der Waals surface area contributed by atoms with E-state index in [0.29, 0.717) is 5.69 Å². The number of carbonyl (C=O) groups is 1. The normalized spacial score (nSPS) is 9.93. The molecule has 5 heteroatoms. The lowest BCUT2D eigenvalue weighted by Gasteiger charge is -2.08. The molecule has 0 aliphatic carbocycles. The molecule has 0 spiro atoms. The fourth-order valence-electron chi connectivity index (χ4n) is 1.08. The van der Waals surface area contributed by atoms with Gasteiger partial charge in [0, 0.05) is 12.1 Å². The minimum Gasteiger partial charge on any atom is -0.493 e. The second kappa shape index (κ2) is 5.19. The van der Waals surface area contributed by atoms with Crippen LogP contribution in [0.25, 0.3) is 0 Å². The van der Waals surface area contributed by atoms with Gasteiger partial charge in [-0.1, -0.05) is 0 Å². The summed E-state index contributed by atoms with van der Waals surface area (Å²) in [5.74, 6) is -0.900. The van der Waals surface area contributed by atoms with Crippen LogP contribution in [-0.2, 0) is 0 Å². The summed E-state index contributed by atoms with van der Waals surface area (Å²) in [6.07, 6.45) is 0.240. The van der Waals surface area contributed by atoms with E-state index in [1.807, 2.05) is 0 Å². The topological polar surface area (TPSA) is 72.5 Å². The summed E-state index contributed by atoms with van der Waals surface area (Å²) in [6.45, 7) is -0.335. The van der Waals surface area contributed by atoms with Crippen LogP contribution in [0.15, 0.2) is 18.2 Å². The van der Waals surface area contributed by atoms with Gasteiger partial charge in [-0.3, -0.25) is 4.39 Å². The van der Waals surface area contributed by atoms with Crippen LogP contribution in [0.5, 0.6) is 5.75 Å². The average Bonchev–Trinajstić information content (AvgIpc) is 2.20. The molecule has 0 bridgehead atoms. The summed E-state index contributed by atoms with van der Waals surface area (Å²) in [7, 11) is 0. The lowest BCUT2D eigenvalue weighted by atomic mass is 10.2. The number of carboxylic acids is 1. The lowest BCUT2D eigenvalue weighted by Crippen LogP contribution is -2.05. The zero-order valence-electron chi connectivity index (χ0n) is 8.07. The van der Waals surface area contributed by atoms with Gasteiger partial charge in [0.05, 0.1) is 13.3 Å². The van der Waals surface area contributed by atoms with Crippen LogP contribution in [0.3, 0.4) is 0 Å². The van der Waals surface area contributed by atoms with E-state index in [2.05, 4.69) is 0 Å². The molecular weight excluding hydrogens is 201 g/mol. The van der Waals surface area contributed by atoms with Crippen molar-refractivity contribution in [3.63, 3.8) is 0 Å². The maximum atomic E-state index is 11.8. The van der Waals surface area contributed by atoms with Crippen LogP contribution in [0, 0.1) is 0 Å². The van der Waals surface area contributed by atoms with Gasteiger partial charge in [0.1, 0.15) is 11.3 Å². The first-order valence-electron chi connectivity index (χ1n) is 4.46. The number of anilines is 1. The number of nitrogens with two attached hydrogens (primary N) is 1. The number of hydrogen-bond acceptors (Lipinski definition) is 3. The zero-order valence-corrected chi connectivity index (χ0v) is 8.07. The highest BCUT2D eigenvalue weighted by Crippen LogP contribution is 2.21. The number of benzene rings is 1. The van der Waals surface area contributed by atoms with Crippen molar-refractivity contribution in [3.8, 4) is 5.75 Å². The van der Waals surface area contributed by atoms with Crippen molar-refractivity contribution >= 4 is 11.7 Å². The minimum absolute atomic E-state index is 0.00569. The molecule has 82 valence electrons. The number of ether oxygens (including phenoxy) is 1. The maximum Gasteiger partial charge on any atom is 0.339 e. The molecule has 0 saturated heterocycles. The predicted octanol–water partition coefficient (Wildman–Crippen LogP) is 1.71. The van der Waals surface area contributed by atoms with Crippen molar-refractivity contribution in [2.75, 3.05) is 19.0 Å². The Bertz CT molecular complexity index is 355. The summed E-state index contributed by atoms with van der Waals surface area (Å²) in [6, 6.07) is 4.32. The first-order valence-corrected chi connectivity index (χ1v) is 4.46. The highest BCUT2D eigenvalue weighted by atomic mass is 19.1. The monoisotopic (exact) mass is 213 g/mol. The Balaban J connectivity index is 2.81. The van der Waals surface area contributed by atoms with E-state index in [1.54, 1.807) is 0 Å². The fourth-order valence-corrected chi connectivity index (χ4v) is 1.08. The van der Waals surface area contributed by atoms with Gasteiger partial charge < -0.3 is 15.6 Å². The quantitative estimate of drug-likeness (QED) is 0.576. The number of nitrogen functional groups attached to an aromatic ring is 1. The van der Waals surface area contributed by atoms with Crippen LogP contribution in [0.2, 0.25) is 0 Å². The molecule has 0 saturated carbocycles. The highest BCUT2D eigenvalue weighted by Gasteiger charge is 2.11. The van der Waals surface area contributed by atoms with Gasteiger partial charge in [-0.15, -0.1) is 0 Å². The third-order valence-corrected chi connectivity index (χ3v) is 1.77. The highest BCUT2D eigenvalue weighted by molar-refractivity contribution is 5.92. The van der Waals surface area contributed by atoms with Gasteiger partial charge in [0.25, 0.3) is 0 Å². The van der Waals surface area contributed by atoms with Gasteiger partial charge in [0.2, 0.25) is 0 Å². The Kier molecular flexibility index (Phi) is 3.91. The van der Waals surface area contributed by atoms with E-state index < -0.39 is 12.6 Å². The van der Waals surface area contributed by atoms with Crippen LogP contribution in [-0.4, -0.2) is 24.4 Å². The molecule has 0 unspecified atom stereocenters. The second-order valence-corrected chi connectivity index (χ2v) is 2.95. The van der Waals surface area contributed by atoms with Crippen LogP contribution >= 0.6 is 0 Å². The van der Waals surface area contributed by atoms with Gasteiger partial charge in [0.15, 0.2) is 0 Å². The third-order valence-electron chi connectivity index (χ3n) is 1.77. The van der Waals surface area contributed by atoms with E-state index in [4.69, 9.17) is 15.6 Å². The van der Waals surface area contributed by atoms with Gasteiger partial charge in [-0.05, 0) is 18.2 Å². The Morgan fingerprint density at radius 2 is 2.27 bits per heavy atom. The number of aromatic carboxylic acids is 1. The van der Waals surface area contributed by atoms with Gasteiger partial charge in [-0.25, -0.2) is 4.79 Å². The molecule has 4 nitrogen and oxygen atoms in total. The molecule has 0 amide bonds. The number of hydrogen-bond donors (Lipinski definition) is 2. The summed E-state index contributed by atoms with van der Waals surface area (Å²) in [5, 5.41) is 8.84. The van der Waals surface area contributed by atoms with Crippen molar-refractivity contribution in [2.45, 2.75) is 6.42 Å². The van der Waals surface area contributed by atoms with Crippen molar-refractivity contribution < 1.29 is 19.0 Å². The van der Waals surface area contributed by atoms with E-state index in [0.717, 1.165) is 0 Å². The first kappa shape index (κ1) is 11.3. The standard InChI is InChI=1S/C10H12FNO3/c11-4-1-5-15-9-3-2-7(12)6-8(9)10(13)14/h2-3,6H,1,4-5,12H2,(H,13,14). The maximum absolute atomic E-state index is 11.8. The SMILES string of the molecule is Nc1ccc(OCCCF)c(C(=O)O)c1. The van der Waals surface area contributed by atoms with Crippen LogP contribution in [0.1, 0.15) is 16.8 Å². The summed E-state index contributed by atoms with van der Waals surface area (Å²) in [4.78, 5) is 10.8. The van der Waals surface area contributed by atoms with Crippen LogP contribution < -0.4 is 10.5 Å². The van der Waals surface area contributed by atoms with Crippen molar-refractivity contribution in [2.24, 2.45) is 0 Å². The van der Waals surface area contributed by atoms with Crippen molar-refractivity contribution in [3.05, 3.63) is 23.8 Å². The number of carboxylic acid groups (broad SMARTS) is 1. The van der Waals surface area contributed by atoms with Crippen molar-refractivity contribution in [1.29, 1.82) is 0 Å². The Morgan fingerprint density at radius 3 is 2.87 bits per heavy atom. The molecule has 3 N–H and O–H groups in total. The lowest BCUT2D eigenvalue weighted by molar-refractivity contribution is 0.0692. The molecule has 1 aromatic rings. The average molecular weight is 213 g/mol. The number of halogens is 1. The van der Waals surface area contributed by atoms with Gasteiger partial charge in [-0.2, -0.15) is 0 Å². The molecule has 0 aromatic heterocycles. The second-order valence-electron chi connectivity index (χ2n) is 2.95. The Labute approximate surface area is 86.5 Å². The minimum atomic E-state index is -1.11. The van der Waals surface area contributed by atoms with Crippen molar-refractivity contribution in [1.82, 2.24) is 0 Å². The predicted molar refractivity (Wildman–Crippen MR) is 53.9 cm³/mol. The first-order chi connectivity index (χ1) is 7.15. The molecule has 0 aliphatic heterocycles. The summed E-state index contributed by atoms with van der Waals surface area (Å²) in [5.41, 5.74) is 5.79. The molecular formula is C10H12FNO3. The molecule has 1 aromatic carbocycles.